The number of carboxylic acid groups (broad SMARTS) is 1. The first-order chi connectivity index (χ1) is 9.45. The number of carbonyl (C=O) groups is 2. The summed E-state index contributed by atoms with van der Waals surface area (Å²) >= 11 is 0. The third-order valence-electron chi connectivity index (χ3n) is 3.32. The second kappa shape index (κ2) is 6.13. The predicted octanol–water partition coefficient (Wildman–Crippen LogP) is 1.65. The van der Waals surface area contributed by atoms with Gasteiger partial charge in [0.1, 0.15) is 5.60 Å². The fourth-order valence-electron chi connectivity index (χ4n) is 2.29. The van der Waals surface area contributed by atoms with Crippen LogP contribution in [0.1, 0.15) is 27.2 Å². The van der Waals surface area contributed by atoms with Crippen LogP contribution >= 0.6 is 0 Å². The van der Waals surface area contributed by atoms with Crippen LogP contribution in [-0.4, -0.2) is 71.2 Å². The maximum Gasteiger partial charge on any atom is 0.410 e. The van der Waals surface area contributed by atoms with Crippen molar-refractivity contribution in [2.75, 3.05) is 26.7 Å². The molecule has 122 valence electrons. The van der Waals surface area contributed by atoms with Crippen molar-refractivity contribution >= 4 is 12.1 Å². The molecule has 0 saturated carbocycles. The van der Waals surface area contributed by atoms with E-state index in [0.29, 0.717) is 0 Å². The molecule has 1 saturated heterocycles. The Morgan fingerprint density at radius 3 is 2.29 bits per heavy atom. The number of hydrogen-bond donors (Lipinski definition) is 1. The Kier molecular flexibility index (Phi) is 5.14. The normalized spacial score (nSPS) is 17.8. The number of likely N-dealkylation sites (N-methyl/N-ethyl adjacent to an activating group) is 1. The van der Waals surface area contributed by atoms with E-state index < -0.39 is 36.2 Å². The van der Waals surface area contributed by atoms with Crippen molar-refractivity contribution in [1.29, 1.82) is 0 Å². The number of amides is 1. The average Bonchev–Trinajstić information content (AvgIpc) is 2.18. The Balaban J connectivity index is 2.70. The van der Waals surface area contributed by atoms with Crippen LogP contribution in [0.2, 0.25) is 0 Å². The van der Waals surface area contributed by atoms with Crippen LogP contribution in [0.15, 0.2) is 0 Å². The first-order valence-electron chi connectivity index (χ1n) is 6.64. The third kappa shape index (κ3) is 4.80. The maximum absolute atomic E-state index is 12.5. The fourth-order valence-corrected chi connectivity index (χ4v) is 2.29. The highest BCUT2D eigenvalue weighted by Gasteiger charge is 2.50. The monoisotopic (exact) mass is 308 g/mol. The van der Waals surface area contributed by atoms with Gasteiger partial charge in [-0.2, -0.15) is 0 Å². The molecule has 0 aliphatic carbocycles. The Bertz CT molecular complexity index is 403. The van der Waals surface area contributed by atoms with Crippen LogP contribution in [0, 0.1) is 0 Å². The number of halogens is 2. The minimum Gasteiger partial charge on any atom is -0.481 e. The quantitative estimate of drug-likeness (QED) is 0.836. The number of hydrogen-bond acceptors (Lipinski definition) is 4. The van der Waals surface area contributed by atoms with E-state index in [2.05, 4.69) is 0 Å². The Morgan fingerprint density at radius 1 is 1.38 bits per heavy atom. The van der Waals surface area contributed by atoms with Crippen LogP contribution in [-0.2, 0) is 9.53 Å². The number of carbonyl (C=O) groups excluding carboxylic acids is 1. The molecule has 1 aliphatic rings. The molecule has 8 heteroatoms. The molecule has 0 atom stereocenters. The summed E-state index contributed by atoms with van der Waals surface area (Å²) in [4.78, 5) is 25.4. The first kappa shape index (κ1) is 17.6. The van der Waals surface area contributed by atoms with Gasteiger partial charge in [0.15, 0.2) is 0 Å². The van der Waals surface area contributed by atoms with Crippen molar-refractivity contribution in [1.82, 2.24) is 9.80 Å². The largest absolute Gasteiger partial charge is 0.481 e. The van der Waals surface area contributed by atoms with Gasteiger partial charge in [0.05, 0.1) is 18.5 Å². The van der Waals surface area contributed by atoms with E-state index in [1.165, 1.54) is 16.8 Å². The van der Waals surface area contributed by atoms with Gasteiger partial charge in [-0.25, -0.2) is 13.6 Å². The smallest absolute Gasteiger partial charge is 0.410 e. The molecular weight excluding hydrogens is 286 g/mol. The molecule has 0 aromatic carbocycles. The molecule has 1 amide bonds. The van der Waals surface area contributed by atoms with Crippen molar-refractivity contribution in [3.05, 3.63) is 0 Å². The van der Waals surface area contributed by atoms with Crippen molar-refractivity contribution in [2.24, 2.45) is 0 Å². The number of rotatable bonds is 5. The summed E-state index contributed by atoms with van der Waals surface area (Å²) in [5.74, 6) is -1.08. The minimum atomic E-state index is -2.56. The lowest BCUT2D eigenvalue weighted by Gasteiger charge is -2.53. The maximum atomic E-state index is 12.5. The Hall–Kier alpha value is -1.44. The summed E-state index contributed by atoms with van der Waals surface area (Å²) < 4.78 is 30.2. The zero-order valence-corrected chi connectivity index (χ0v) is 12.7. The molecule has 1 fully saturated rings. The molecule has 1 aliphatic heterocycles. The van der Waals surface area contributed by atoms with E-state index in [-0.39, 0.29) is 19.5 Å². The molecule has 0 spiro atoms. The van der Waals surface area contributed by atoms with Gasteiger partial charge in [-0.3, -0.25) is 9.69 Å². The first-order valence-corrected chi connectivity index (χ1v) is 6.64. The van der Waals surface area contributed by atoms with E-state index in [0.717, 1.165) is 0 Å². The molecule has 1 heterocycles. The van der Waals surface area contributed by atoms with Gasteiger partial charge in [-0.05, 0) is 27.8 Å². The molecular formula is C13H22F2N2O4. The van der Waals surface area contributed by atoms with Gasteiger partial charge in [0.25, 0.3) is 6.43 Å². The minimum absolute atomic E-state index is 0.0669. The van der Waals surface area contributed by atoms with Crippen LogP contribution in [0.3, 0.4) is 0 Å². The number of likely N-dealkylation sites (tertiary alicyclic amines) is 1. The molecule has 0 unspecified atom stereocenters. The second-order valence-corrected chi connectivity index (χ2v) is 6.40. The highest BCUT2D eigenvalue weighted by Crippen LogP contribution is 2.32. The molecule has 21 heavy (non-hydrogen) atoms. The van der Waals surface area contributed by atoms with Crippen LogP contribution < -0.4 is 0 Å². The van der Waals surface area contributed by atoms with Crippen molar-refractivity contribution < 1.29 is 28.2 Å². The van der Waals surface area contributed by atoms with Crippen LogP contribution in [0.5, 0.6) is 0 Å². The molecule has 0 aromatic heterocycles. The lowest BCUT2D eigenvalue weighted by Crippen LogP contribution is -2.71. The average molecular weight is 308 g/mol. The van der Waals surface area contributed by atoms with E-state index >= 15 is 0 Å². The molecule has 0 aromatic rings. The topological polar surface area (TPSA) is 70.1 Å². The second-order valence-electron chi connectivity index (χ2n) is 6.40. The van der Waals surface area contributed by atoms with Crippen molar-refractivity contribution in [2.45, 2.75) is 44.8 Å². The summed E-state index contributed by atoms with van der Waals surface area (Å²) in [6.45, 7) is 4.76. The summed E-state index contributed by atoms with van der Waals surface area (Å²) in [6.07, 6.45) is -3.42. The number of aliphatic carboxylic acids is 1. The zero-order valence-electron chi connectivity index (χ0n) is 12.7. The van der Waals surface area contributed by atoms with Gasteiger partial charge in [-0.1, -0.05) is 0 Å². The van der Waals surface area contributed by atoms with Gasteiger partial charge in [0, 0.05) is 13.1 Å². The van der Waals surface area contributed by atoms with Gasteiger partial charge < -0.3 is 14.7 Å². The Labute approximate surface area is 122 Å². The number of nitrogens with zero attached hydrogens (tertiary/aromatic N) is 2. The summed E-state index contributed by atoms with van der Waals surface area (Å²) in [6, 6.07) is 0. The molecule has 1 N–H and O–H groups in total. The van der Waals surface area contributed by atoms with Gasteiger partial charge >= 0.3 is 12.1 Å². The summed E-state index contributed by atoms with van der Waals surface area (Å²) in [7, 11) is 1.45. The molecule has 0 radical (unpaired) electrons. The fraction of sp³-hybridized carbons (Fsp3) is 0.846. The number of alkyl halides is 2. The highest BCUT2D eigenvalue weighted by molar-refractivity contribution is 5.73. The van der Waals surface area contributed by atoms with Crippen LogP contribution in [0.25, 0.3) is 0 Å². The summed E-state index contributed by atoms with van der Waals surface area (Å²) in [5.41, 5.74) is -1.61. The lowest BCUT2D eigenvalue weighted by atomic mass is 9.85. The molecule has 0 bridgehead atoms. The number of carboxylic acids is 1. The van der Waals surface area contributed by atoms with Gasteiger partial charge in [-0.15, -0.1) is 0 Å². The van der Waals surface area contributed by atoms with E-state index in [4.69, 9.17) is 9.84 Å². The summed E-state index contributed by atoms with van der Waals surface area (Å²) in [5, 5.41) is 8.96. The van der Waals surface area contributed by atoms with Gasteiger partial charge in [0.2, 0.25) is 0 Å². The molecule has 1 rings (SSSR count). The number of ether oxygens (including phenoxy) is 1. The predicted molar refractivity (Wildman–Crippen MR) is 71.4 cm³/mol. The van der Waals surface area contributed by atoms with E-state index in [1.54, 1.807) is 20.8 Å². The van der Waals surface area contributed by atoms with Crippen molar-refractivity contribution in [3.8, 4) is 0 Å². The Morgan fingerprint density at radius 2 is 1.90 bits per heavy atom. The van der Waals surface area contributed by atoms with Crippen LogP contribution in [0.4, 0.5) is 13.6 Å². The SMILES string of the molecule is CN(CC(F)F)C1(CC(=O)O)CN(C(=O)OC(C)(C)C)C1. The zero-order chi connectivity index (χ0) is 16.4. The van der Waals surface area contributed by atoms with Crippen molar-refractivity contribution in [3.63, 3.8) is 0 Å². The highest BCUT2D eigenvalue weighted by atomic mass is 19.3. The lowest BCUT2D eigenvalue weighted by molar-refractivity contribution is -0.146. The van der Waals surface area contributed by atoms with E-state index in [1.807, 2.05) is 0 Å². The van der Waals surface area contributed by atoms with E-state index in [9.17, 15) is 18.4 Å². The molecule has 6 nitrogen and oxygen atoms in total. The standard InChI is InChI=1S/C13H22F2N2O4/c1-12(2,3)21-11(20)17-7-13(8-17,5-10(18)19)16(4)6-9(14)15/h9H,5-8H2,1-4H3,(H,18,19). The third-order valence-corrected chi connectivity index (χ3v) is 3.32.